The second kappa shape index (κ2) is 14.5. The van der Waals surface area contributed by atoms with Crippen molar-refractivity contribution in [2.45, 2.75) is 18.4 Å². The van der Waals surface area contributed by atoms with Gasteiger partial charge in [-0.1, -0.05) is 36.4 Å². The molecular weight excluding hydrogens is 614 g/mol. The van der Waals surface area contributed by atoms with E-state index in [4.69, 9.17) is 9.47 Å². The SMILES string of the molecule is COc1cc(CC(=O)N(C)c2ccc(C(C(=O)C3CNCC3C(=O)O)N3CCOCC3)cc2)ccc1NC(=O)C1CNc2ccccc21. The van der Waals surface area contributed by atoms with Crippen molar-refractivity contribution < 1.29 is 33.8 Å². The third-order valence-electron chi connectivity index (χ3n) is 9.58. The van der Waals surface area contributed by atoms with Gasteiger partial charge in [0.05, 0.1) is 50.3 Å². The summed E-state index contributed by atoms with van der Waals surface area (Å²) in [5.41, 5.74) is 4.57. The van der Waals surface area contributed by atoms with Crippen LogP contribution in [0.4, 0.5) is 17.1 Å². The first kappa shape index (κ1) is 33.1. The molecule has 0 aromatic heterocycles. The van der Waals surface area contributed by atoms with E-state index in [1.165, 1.54) is 7.11 Å². The number of hydrogen-bond donors (Lipinski definition) is 4. The highest BCUT2D eigenvalue weighted by atomic mass is 16.5. The van der Waals surface area contributed by atoms with Crippen LogP contribution in [0.3, 0.4) is 0 Å². The van der Waals surface area contributed by atoms with E-state index in [2.05, 4.69) is 20.9 Å². The summed E-state index contributed by atoms with van der Waals surface area (Å²) in [5, 5.41) is 19.0. The predicted octanol–water partition coefficient (Wildman–Crippen LogP) is 2.91. The monoisotopic (exact) mass is 655 g/mol. The summed E-state index contributed by atoms with van der Waals surface area (Å²) in [6, 6.07) is 19.8. The van der Waals surface area contributed by atoms with Crippen molar-refractivity contribution in [1.82, 2.24) is 10.2 Å². The van der Waals surface area contributed by atoms with Crippen molar-refractivity contribution in [3.63, 3.8) is 0 Å². The molecule has 4 atom stereocenters. The van der Waals surface area contributed by atoms with Crippen molar-refractivity contribution >= 4 is 40.6 Å². The topological polar surface area (TPSA) is 150 Å². The number of nitrogens with zero attached hydrogens (tertiary/aromatic N) is 2. The first-order valence-electron chi connectivity index (χ1n) is 16.2. The second-order valence-electron chi connectivity index (χ2n) is 12.4. The number of Topliss-reactive ketones (excluding diaryl/α,β-unsaturated/α-hetero) is 1. The number of ether oxygens (including phenoxy) is 2. The molecule has 3 aromatic carbocycles. The third kappa shape index (κ3) is 6.91. The molecule has 0 aliphatic carbocycles. The Morgan fingerprint density at radius 3 is 2.46 bits per heavy atom. The third-order valence-corrected chi connectivity index (χ3v) is 9.58. The lowest BCUT2D eigenvalue weighted by atomic mass is 9.85. The maximum Gasteiger partial charge on any atom is 0.308 e. The number of aliphatic carboxylic acids is 1. The van der Waals surface area contributed by atoms with Gasteiger partial charge < -0.3 is 35.4 Å². The number of methoxy groups -OCH3 is 1. The molecule has 48 heavy (non-hydrogen) atoms. The summed E-state index contributed by atoms with van der Waals surface area (Å²) in [6.45, 7) is 3.23. The van der Waals surface area contributed by atoms with Crippen LogP contribution in [0, 0.1) is 11.8 Å². The number of carboxylic acids is 1. The van der Waals surface area contributed by atoms with E-state index in [0.717, 1.165) is 22.4 Å². The Morgan fingerprint density at radius 1 is 1.00 bits per heavy atom. The van der Waals surface area contributed by atoms with Gasteiger partial charge >= 0.3 is 5.97 Å². The van der Waals surface area contributed by atoms with Crippen LogP contribution in [0.5, 0.6) is 5.75 Å². The van der Waals surface area contributed by atoms with E-state index < -0.39 is 23.8 Å². The highest BCUT2D eigenvalue weighted by Gasteiger charge is 2.42. The number of anilines is 3. The van der Waals surface area contributed by atoms with Gasteiger partial charge in [0.25, 0.3) is 0 Å². The summed E-state index contributed by atoms with van der Waals surface area (Å²) >= 11 is 0. The Hall–Kier alpha value is -4.78. The summed E-state index contributed by atoms with van der Waals surface area (Å²) < 4.78 is 11.1. The summed E-state index contributed by atoms with van der Waals surface area (Å²) in [6.07, 6.45) is 0.100. The number of benzene rings is 3. The molecule has 2 saturated heterocycles. The van der Waals surface area contributed by atoms with E-state index in [0.29, 0.717) is 56.5 Å². The zero-order chi connectivity index (χ0) is 33.8. The Bertz CT molecular complexity index is 1670. The number of carboxylic acid groups (broad SMARTS) is 1. The Balaban J connectivity index is 1.13. The molecule has 12 heteroatoms. The Labute approximate surface area is 279 Å². The van der Waals surface area contributed by atoms with Crippen molar-refractivity contribution in [3.05, 3.63) is 83.4 Å². The van der Waals surface area contributed by atoms with Crippen LogP contribution in [0.25, 0.3) is 0 Å². The van der Waals surface area contributed by atoms with Crippen molar-refractivity contribution in [2.75, 3.05) is 75.6 Å². The number of fused-ring (bicyclic) bond motifs is 1. The molecule has 0 saturated carbocycles. The number of amides is 2. The molecule has 252 valence electrons. The lowest BCUT2D eigenvalue weighted by molar-refractivity contribution is -0.146. The van der Waals surface area contributed by atoms with Crippen LogP contribution < -0.4 is 25.6 Å². The largest absolute Gasteiger partial charge is 0.495 e. The minimum atomic E-state index is -0.973. The van der Waals surface area contributed by atoms with E-state index >= 15 is 0 Å². The van der Waals surface area contributed by atoms with Gasteiger partial charge in [0.1, 0.15) is 5.75 Å². The minimum Gasteiger partial charge on any atom is -0.495 e. The highest BCUT2D eigenvalue weighted by Crippen LogP contribution is 2.34. The number of likely N-dealkylation sites (N-methyl/N-ethyl adjacent to an activating group) is 1. The zero-order valence-electron chi connectivity index (χ0n) is 27.1. The molecule has 3 aromatic rings. The van der Waals surface area contributed by atoms with Crippen molar-refractivity contribution in [2.24, 2.45) is 11.8 Å². The summed E-state index contributed by atoms with van der Waals surface area (Å²) in [4.78, 5) is 55.8. The van der Waals surface area contributed by atoms with Gasteiger partial charge in [-0.15, -0.1) is 0 Å². The summed E-state index contributed by atoms with van der Waals surface area (Å²) in [5.74, 6) is -2.65. The molecular formula is C36H41N5O7. The lowest BCUT2D eigenvalue weighted by Crippen LogP contribution is -2.45. The standard InChI is InChI=1S/C36H41N5O7/c1-40(24-10-8-23(9-11-24)33(41-13-15-48-16-14-41)34(43)26-19-37-20-28(26)36(45)46)32(42)18-22-7-12-30(31(17-22)47-2)39-35(44)27-21-38-29-6-4-3-5-25(27)29/h3-12,17,26-28,33,37-38H,13-16,18-21H2,1-2H3,(H,39,44)(H,45,46). The number of para-hydroxylation sites is 1. The Morgan fingerprint density at radius 2 is 1.73 bits per heavy atom. The number of carbonyl (C=O) groups is 4. The van der Waals surface area contributed by atoms with Crippen LogP contribution in [0.1, 0.15) is 28.7 Å². The molecule has 3 heterocycles. The van der Waals surface area contributed by atoms with Crippen LogP contribution >= 0.6 is 0 Å². The second-order valence-corrected chi connectivity index (χ2v) is 12.4. The lowest BCUT2D eigenvalue weighted by Gasteiger charge is -2.35. The Kier molecular flexibility index (Phi) is 10.0. The van der Waals surface area contributed by atoms with Gasteiger partial charge in [0.15, 0.2) is 5.78 Å². The molecule has 0 bridgehead atoms. The van der Waals surface area contributed by atoms with Crippen LogP contribution in [-0.2, 0) is 30.3 Å². The fourth-order valence-corrected chi connectivity index (χ4v) is 6.83. The molecule has 3 aliphatic heterocycles. The maximum atomic E-state index is 13.9. The fourth-order valence-electron chi connectivity index (χ4n) is 6.83. The first-order chi connectivity index (χ1) is 23.2. The van der Waals surface area contributed by atoms with Crippen LogP contribution in [0.15, 0.2) is 66.7 Å². The van der Waals surface area contributed by atoms with Gasteiger partial charge in [0.2, 0.25) is 11.8 Å². The highest BCUT2D eigenvalue weighted by molar-refractivity contribution is 6.00. The van der Waals surface area contributed by atoms with E-state index in [1.54, 1.807) is 30.1 Å². The number of rotatable bonds is 11. The minimum absolute atomic E-state index is 0.100. The number of carbonyl (C=O) groups excluding carboxylic acids is 3. The van der Waals surface area contributed by atoms with Crippen molar-refractivity contribution in [3.8, 4) is 5.75 Å². The molecule has 2 amide bonds. The average molecular weight is 656 g/mol. The smallest absolute Gasteiger partial charge is 0.308 e. The number of nitrogens with one attached hydrogen (secondary N) is 3. The molecule has 0 spiro atoms. The van der Waals surface area contributed by atoms with Gasteiger partial charge in [-0.3, -0.25) is 24.1 Å². The van der Waals surface area contributed by atoms with Gasteiger partial charge in [0, 0.05) is 57.1 Å². The molecule has 4 N–H and O–H groups in total. The van der Waals surface area contributed by atoms with E-state index in [1.807, 2.05) is 48.5 Å². The quantitative estimate of drug-likeness (QED) is 0.243. The van der Waals surface area contributed by atoms with Crippen LogP contribution in [0.2, 0.25) is 0 Å². The zero-order valence-corrected chi connectivity index (χ0v) is 27.1. The summed E-state index contributed by atoms with van der Waals surface area (Å²) in [7, 11) is 3.22. The maximum absolute atomic E-state index is 13.9. The number of morpholine rings is 1. The molecule has 2 fully saturated rings. The van der Waals surface area contributed by atoms with Gasteiger partial charge in [-0.2, -0.15) is 0 Å². The molecule has 6 rings (SSSR count). The molecule has 12 nitrogen and oxygen atoms in total. The van der Waals surface area contributed by atoms with Crippen LogP contribution in [-0.4, -0.2) is 93.7 Å². The van der Waals surface area contributed by atoms with E-state index in [-0.39, 0.29) is 36.5 Å². The number of ketones is 1. The molecule has 3 aliphatic rings. The van der Waals surface area contributed by atoms with E-state index in [9.17, 15) is 24.3 Å². The molecule has 0 radical (unpaired) electrons. The van der Waals surface area contributed by atoms with Crippen molar-refractivity contribution in [1.29, 1.82) is 0 Å². The van der Waals surface area contributed by atoms with Gasteiger partial charge in [-0.25, -0.2) is 0 Å². The average Bonchev–Trinajstić information content (AvgIpc) is 3.78. The molecule has 4 unspecified atom stereocenters. The normalized spacial score (nSPS) is 21.1. The predicted molar refractivity (Wildman–Crippen MR) is 180 cm³/mol. The number of hydrogen-bond acceptors (Lipinski definition) is 9. The van der Waals surface area contributed by atoms with Gasteiger partial charge in [-0.05, 0) is 47.0 Å². The first-order valence-corrected chi connectivity index (χ1v) is 16.2. The fraction of sp³-hybridized carbons (Fsp3) is 0.389.